The van der Waals surface area contributed by atoms with Gasteiger partial charge in [0.25, 0.3) is 5.69 Å². The second-order valence-corrected chi connectivity index (χ2v) is 3.13. The molecule has 0 atom stereocenters. The van der Waals surface area contributed by atoms with E-state index in [0.717, 1.165) is 0 Å². The normalized spacial score (nSPS) is 10.7. The van der Waals surface area contributed by atoms with E-state index in [-0.39, 0.29) is 11.4 Å². The Bertz CT molecular complexity index is 582. The van der Waals surface area contributed by atoms with Crippen molar-refractivity contribution in [1.29, 1.82) is 0 Å². The lowest BCUT2D eigenvalue weighted by atomic mass is 10.3. The molecule has 1 aromatic carbocycles. The van der Waals surface area contributed by atoms with E-state index in [1.807, 2.05) is 6.92 Å². The first-order valence-corrected chi connectivity index (χ1v) is 4.50. The maximum Gasteiger partial charge on any atom is 0.326 e. The van der Waals surface area contributed by atoms with Crippen LogP contribution >= 0.6 is 0 Å². The molecule has 2 rings (SSSR count). The third-order valence-electron chi connectivity index (χ3n) is 2.28. The molecule has 0 aliphatic rings. The topological polar surface area (TPSA) is 80.9 Å². The van der Waals surface area contributed by atoms with Gasteiger partial charge in [0.1, 0.15) is 0 Å². The van der Waals surface area contributed by atoms with Crippen LogP contribution in [0.1, 0.15) is 6.92 Å². The minimum atomic E-state index is -0.485. The molecule has 0 bridgehead atoms. The lowest BCUT2D eigenvalue weighted by Crippen LogP contribution is -2.14. The van der Waals surface area contributed by atoms with E-state index in [2.05, 4.69) is 4.98 Å². The fourth-order valence-electron chi connectivity index (χ4n) is 1.58. The molecule has 6 nitrogen and oxygen atoms in total. The van der Waals surface area contributed by atoms with E-state index in [1.165, 1.54) is 16.7 Å². The summed E-state index contributed by atoms with van der Waals surface area (Å²) < 4.78 is 1.53. The average molecular weight is 207 g/mol. The first-order valence-electron chi connectivity index (χ1n) is 4.50. The molecule has 6 heteroatoms. The molecule has 0 fully saturated rings. The van der Waals surface area contributed by atoms with Crippen LogP contribution in [0.15, 0.2) is 23.0 Å². The maximum absolute atomic E-state index is 11.4. The molecule has 1 N–H and O–H groups in total. The van der Waals surface area contributed by atoms with Crippen LogP contribution in [-0.4, -0.2) is 14.5 Å². The van der Waals surface area contributed by atoms with Crippen molar-refractivity contribution in [3.05, 3.63) is 38.8 Å². The van der Waals surface area contributed by atoms with E-state index >= 15 is 0 Å². The smallest absolute Gasteiger partial charge is 0.305 e. The van der Waals surface area contributed by atoms with E-state index in [0.29, 0.717) is 17.6 Å². The Balaban J connectivity index is 2.75. The van der Waals surface area contributed by atoms with Crippen LogP contribution < -0.4 is 5.69 Å². The van der Waals surface area contributed by atoms with E-state index in [9.17, 15) is 14.9 Å². The van der Waals surface area contributed by atoms with Gasteiger partial charge in [0, 0.05) is 18.7 Å². The minimum absolute atomic E-state index is 0.0213. The second kappa shape index (κ2) is 3.23. The number of nitrogens with one attached hydrogen (secondary N) is 1. The maximum atomic E-state index is 11.4. The summed E-state index contributed by atoms with van der Waals surface area (Å²) in [6.45, 7) is 2.38. The summed E-state index contributed by atoms with van der Waals surface area (Å²) in [4.78, 5) is 24.0. The number of rotatable bonds is 2. The Labute approximate surface area is 84.3 Å². The number of hydrogen-bond acceptors (Lipinski definition) is 3. The van der Waals surface area contributed by atoms with Crippen LogP contribution in [0.4, 0.5) is 5.69 Å². The standard InChI is InChI=1S/C9H9N3O3/c1-2-11-8-4-3-6(12(14)15)5-7(8)10-9(11)13/h3-5H,2H2,1H3,(H,10,13). The monoisotopic (exact) mass is 207 g/mol. The number of nitrogens with zero attached hydrogens (tertiary/aromatic N) is 2. The molecular formula is C9H9N3O3. The van der Waals surface area contributed by atoms with E-state index < -0.39 is 4.92 Å². The van der Waals surface area contributed by atoms with Crippen molar-refractivity contribution >= 4 is 16.7 Å². The number of nitro benzene ring substituents is 1. The zero-order valence-corrected chi connectivity index (χ0v) is 8.06. The lowest BCUT2D eigenvalue weighted by Gasteiger charge is -1.96. The zero-order chi connectivity index (χ0) is 11.0. The summed E-state index contributed by atoms with van der Waals surface area (Å²) in [5.41, 5.74) is 0.921. The molecule has 0 saturated heterocycles. The highest BCUT2D eigenvalue weighted by Gasteiger charge is 2.10. The van der Waals surface area contributed by atoms with Gasteiger partial charge in [-0.05, 0) is 13.0 Å². The fraction of sp³-hybridized carbons (Fsp3) is 0.222. The minimum Gasteiger partial charge on any atom is -0.305 e. The van der Waals surface area contributed by atoms with Crippen LogP contribution in [0.3, 0.4) is 0 Å². The molecule has 2 aromatic rings. The molecule has 1 aromatic heterocycles. The number of nitro groups is 1. The number of aryl methyl sites for hydroxylation is 1. The number of non-ortho nitro benzene ring substituents is 1. The van der Waals surface area contributed by atoms with Crippen LogP contribution in [-0.2, 0) is 6.54 Å². The van der Waals surface area contributed by atoms with Gasteiger partial charge in [0.15, 0.2) is 0 Å². The first-order chi connectivity index (χ1) is 7.13. The van der Waals surface area contributed by atoms with Crippen molar-refractivity contribution in [3.8, 4) is 0 Å². The lowest BCUT2D eigenvalue weighted by molar-refractivity contribution is -0.384. The Morgan fingerprint density at radius 3 is 2.87 bits per heavy atom. The highest BCUT2D eigenvalue weighted by molar-refractivity contribution is 5.77. The molecule has 0 spiro atoms. The Kier molecular flexibility index (Phi) is 2.03. The number of H-pyrrole nitrogens is 1. The van der Waals surface area contributed by atoms with E-state index in [4.69, 9.17) is 0 Å². The van der Waals surface area contributed by atoms with Gasteiger partial charge >= 0.3 is 5.69 Å². The van der Waals surface area contributed by atoms with Crippen LogP contribution in [0.2, 0.25) is 0 Å². The molecule has 0 unspecified atom stereocenters. The summed E-state index contributed by atoms with van der Waals surface area (Å²) >= 11 is 0. The Morgan fingerprint density at radius 1 is 1.53 bits per heavy atom. The third kappa shape index (κ3) is 1.39. The summed E-state index contributed by atoms with van der Waals surface area (Å²) in [7, 11) is 0. The van der Waals surface area contributed by atoms with Crippen molar-refractivity contribution in [2.24, 2.45) is 0 Å². The van der Waals surface area contributed by atoms with Crippen molar-refractivity contribution in [3.63, 3.8) is 0 Å². The second-order valence-electron chi connectivity index (χ2n) is 3.13. The molecule has 0 radical (unpaired) electrons. The average Bonchev–Trinajstić information content (AvgIpc) is 2.51. The number of aromatic amines is 1. The summed E-state index contributed by atoms with van der Waals surface area (Å²) in [5, 5.41) is 10.5. The van der Waals surface area contributed by atoms with Crippen LogP contribution in [0.5, 0.6) is 0 Å². The summed E-state index contributed by atoms with van der Waals surface area (Å²) in [6.07, 6.45) is 0. The highest BCUT2D eigenvalue weighted by atomic mass is 16.6. The zero-order valence-electron chi connectivity index (χ0n) is 8.06. The Morgan fingerprint density at radius 2 is 2.27 bits per heavy atom. The highest BCUT2D eigenvalue weighted by Crippen LogP contribution is 2.17. The largest absolute Gasteiger partial charge is 0.326 e. The van der Waals surface area contributed by atoms with Crippen molar-refractivity contribution in [1.82, 2.24) is 9.55 Å². The molecular weight excluding hydrogens is 198 g/mol. The van der Waals surface area contributed by atoms with Gasteiger partial charge in [0.05, 0.1) is 16.0 Å². The van der Waals surface area contributed by atoms with Gasteiger partial charge < -0.3 is 4.98 Å². The third-order valence-corrected chi connectivity index (χ3v) is 2.28. The van der Waals surface area contributed by atoms with Crippen molar-refractivity contribution in [2.45, 2.75) is 13.5 Å². The van der Waals surface area contributed by atoms with Gasteiger partial charge in [-0.1, -0.05) is 0 Å². The van der Waals surface area contributed by atoms with Gasteiger partial charge in [-0.15, -0.1) is 0 Å². The SMILES string of the molecule is CCn1c(=O)[nH]c2cc([N+](=O)[O-])ccc21. The van der Waals surface area contributed by atoms with Crippen molar-refractivity contribution in [2.75, 3.05) is 0 Å². The van der Waals surface area contributed by atoms with Gasteiger partial charge in [-0.2, -0.15) is 0 Å². The van der Waals surface area contributed by atoms with Crippen LogP contribution in [0, 0.1) is 10.1 Å². The van der Waals surface area contributed by atoms with Gasteiger partial charge in [-0.3, -0.25) is 14.7 Å². The number of benzene rings is 1. The Hall–Kier alpha value is -2.11. The number of fused-ring (bicyclic) bond motifs is 1. The number of hydrogen-bond donors (Lipinski definition) is 1. The summed E-state index contributed by atoms with van der Waals surface area (Å²) in [5.74, 6) is 0. The van der Waals surface area contributed by atoms with Gasteiger partial charge in [0.2, 0.25) is 0 Å². The molecule has 1 heterocycles. The van der Waals surface area contributed by atoms with Crippen LogP contribution in [0.25, 0.3) is 11.0 Å². The fourth-order valence-corrected chi connectivity index (χ4v) is 1.58. The first kappa shape index (κ1) is 9.45. The van der Waals surface area contributed by atoms with E-state index in [1.54, 1.807) is 6.07 Å². The predicted molar refractivity (Wildman–Crippen MR) is 54.9 cm³/mol. The quantitative estimate of drug-likeness (QED) is 0.594. The molecule has 0 aliphatic carbocycles. The molecule has 78 valence electrons. The molecule has 0 amide bonds. The van der Waals surface area contributed by atoms with Crippen molar-refractivity contribution < 1.29 is 4.92 Å². The van der Waals surface area contributed by atoms with Gasteiger partial charge in [-0.25, -0.2) is 4.79 Å². The summed E-state index contributed by atoms with van der Waals surface area (Å²) in [6, 6.07) is 4.33. The molecule has 15 heavy (non-hydrogen) atoms. The molecule has 0 aliphatic heterocycles. The molecule has 0 saturated carbocycles. The number of aromatic nitrogens is 2. The predicted octanol–water partition coefficient (Wildman–Crippen LogP) is 1.26. The number of imidazole rings is 1.